The molecule has 1 aliphatic heterocycles. The van der Waals surface area contributed by atoms with Crippen LogP contribution in [0.3, 0.4) is 0 Å². The Labute approximate surface area is 104 Å². The molecule has 0 spiro atoms. The molecule has 1 aromatic carbocycles. The van der Waals surface area contributed by atoms with Crippen molar-refractivity contribution in [1.82, 2.24) is 4.90 Å². The molecular formula is C12H16BrNO2. The summed E-state index contributed by atoms with van der Waals surface area (Å²) in [5.74, 6) is 0.923. The molecule has 2 rings (SSSR count). The molecule has 0 bridgehead atoms. The Morgan fingerprint density at radius 1 is 1.31 bits per heavy atom. The van der Waals surface area contributed by atoms with Crippen molar-refractivity contribution in [3.05, 3.63) is 28.7 Å². The Morgan fingerprint density at radius 2 is 2.00 bits per heavy atom. The van der Waals surface area contributed by atoms with Gasteiger partial charge >= 0.3 is 0 Å². The van der Waals surface area contributed by atoms with E-state index in [1.807, 2.05) is 24.3 Å². The summed E-state index contributed by atoms with van der Waals surface area (Å²) in [4.78, 5) is 2.33. The normalized spacial score (nSPS) is 17.1. The predicted octanol–water partition coefficient (Wildman–Crippen LogP) is 2.16. The molecule has 88 valence electrons. The highest BCUT2D eigenvalue weighted by Gasteiger charge is 2.25. The van der Waals surface area contributed by atoms with Crippen molar-refractivity contribution < 1.29 is 9.47 Å². The summed E-state index contributed by atoms with van der Waals surface area (Å²) in [5.41, 5.74) is 0. The van der Waals surface area contributed by atoms with Crippen LogP contribution in [0.2, 0.25) is 0 Å². The number of hydrogen-bond acceptors (Lipinski definition) is 3. The zero-order valence-corrected chi connectivity index (χ0v) is 10.9. The maximum Gasteiger partial charge on any atom is 0.119 e. The van der Waals surface area contributed by atoms with E-state index >= 15 is 0 Å². The van der Waals surface area contributed by atoms with Crippen molar-refractivity contribution in [2.75, 3.05) is 33.4 Å². The summed E-state index contributed by atoms with van der Waals surface area (Å²) in [5, 5.41) is 0. The van der Waals surface area contributed by atoms with E-state index in [4.69, 9.17) is 9.47 Å². The fraction of sp³-hybridized carbons (Fsp3) is 0.500. The van der Waals surface area contributed by atoms with E-state index in [0.29, 0.717) is 6.10 Å². The highest BCUT2D eigenvalue weighted by atomic mass is 79.9. The van der Waals surface area contributed by atoms with Gasteiger partial charge in [-0.25, -0.2) is 0 Å². The third-order valence-electron chi connectivity index (χ3n) is 2.75. The molecule has 1 heterocycles. The van der Waals surface area contributed by atoms with Gasteiger partial charge in [0.05, 0.1) is 6.10 Å². The van der Waals surface area contributed by atoms with Crippen LogP contribution < -0.4 is 4.74 Å². The zero-order valence-electron chi connectivity index (χ0n) is 9.36. The van der Waals surface area contributed by atoms with Gasteiger partial charge in [-0.05, 0) is 24.3 Å². The fourth-order valence-corrected chi connectivity index (χ4v) is 1.94. The first-order valence-electron chi connectivity index (χ1n) is 5.41. The lowest BCUT2D eigenvalue weighted by molar-refractivity contribution is -0.0333. The van der Waals surface area contributed by atoms with Crippen LogP contribution in [0, 0.1) is 0 Å². The molecule has 0 saturated carbocycles. The minimum Gasteiger partial charge on any atom is -0.492 e. The molecular weight excluding hydrogens is 270 g/mol. The summed E-state index contributed by atoms with van der Waals surface area (Å²) >= 11 is 3.39. The van der Waals surface area contributed by atoms with Gasteiger partial charge in [-0.3, -0.25) is 4.90 Å². The molecule has 0 radical (unpaired) electrons. The van der Waals surface area contributed by atoms with Crippen molar-refractivity contribution in [2.24, 2.45) is 0 Å². The van der Waals surface area contributed by atoms with E-state index < -0.39 is 0 Å². The molecule has 1 saturated heterocycles. The number of likely N-dealkylation sites (tertiary alicyclic amines) is 1. The van der Waals surface area contributed by atoms with Crippen LogP contribution in [-0.2, 0) is 4.74 Å². The number of hydrogen-bond donors (Lipinski definition) is 0. The molecule has 3 nitrogen and oxygen atoms in total. The third kappa shape index (κ3) is 3.20. The van der Waals surface area contributed by atoms with E-state index in [-0.39, 0.29) is 0 Å². The summed E-state index contributed by atoms with van der Waals surface area (Å²) in [6, 6.07) is 7.91. The van der Waals surface area contributed by atoms with Crippen LogP contribution >= 0.6 is 15.9 Å². The summed E-state index contributed by atoms with van der Waals surface area (Å²) < 4.78 is 11.9. The summed E-state index contributed by atoms with van der Waals surface area (Å²) in [6.07, 6.45) is 0.424. The van der Waals surface area contributed by atoms with Crippen molar-refractivity contribution in [3.8, 4) is 5.75 Å². The largest absolute Gasteiger partial charge is 0.492 e. The predicted molar refractivity (Wildman–Crippen MR) is 66.9 cm³/mol. The topological polar surface area (TPSA) is 21.7 Å². The lowest BCUT2D eigenvalue weighted by Crippen LogP contribution is -2.52. The van der Waals surface area contributed by atoms with Gasteiger partial charge in [0.2, 0.25) is 0 Å². The lowest BCUT2D eigenvalue weighted by atomic mass is 10.2. The second-order valence-corrected chi connectivity index (χ2v) is 4.84. The SMILES string of the molecule is COC1CN(CCOc2ccc(Br)cc2)C1. The number of methoxy groups -OCH3 is 1. The van der Waals surface area contributed by atoms with Gasteiger partial charge in [-0.2, -0.15) is 0 Å². The van der Waals surface area contributed by atoms with Crippen molar-refractivity contribution in [2.45, 2.75) is 6.10 Å². The smallest absolute Gasteiger partial charge is 0.119 e. The molecule has 1 aliphatic rings. The molecule has 4 heteroatoms. The molecule has 0 N–H and O–H groups in total. The Hall–Kier alpha value is -0.580. The van der Waals surface area contributed by atoms with Gasteiger partial charge < -0.3 is 9.47 Å². The minimum atomic E-state index is 0.424. The quantitative estimate of drug-likeness (QED) is 0.828. The van der Waals surface area contributed by atoms with Gasteiger partial charge in [-0.15, -0.1) is 0 Å². The van der Waals surface area contributed by atoms with Crippen molar-refractivity contribution in [3.63, 3.8) is 0 Å². The second kappa shape index (κ2) is 5.66. The van der Waals surface area contributed by atoms with Crippen LogP contribution in [0.5, 0.6) is 5.75 Å². The number of nitrogens with zero attached hydrogens (tertiary/aromatic N) is 1. The van der Waals surface area contributed by atoms with Gasteiger partial charge in [-0.1, -0.05) is 15.9 Å². The average molecular weight is 286 g/mol. The molecule has 0 aromatic heterocycles. The Balaban J connectivity index is 1.63. The number of benzene rings is 1. The van der Waals surface area contributed by atoms with Crippen molar-refractivity contribution >= 4 is 15.9 Å². The molecule has 0 unspecified atom stereocenters. The number of halogens is 1. The van der Waals surface area contributed by atoms with Crippen LogP contribution in [0.4, 0.5) is 0 Å². The summed E-state index contributed by atoms with van der Waals surface area (Å²) in [6.45, 7) is 3.76. The van der Waals surface area contributed by atoms with Gasteiger partial charge in [0.15, 0.2) is 0 Å². The van der Waals surface area contributed by atoms with E-state index in [0.717, 1.165) is 36.5 Å². The van der Waals surface area contributed by atoms with Gasteiger partial charge in [0.25, 0.3) is 0 Å². The molecule has 0 aliphatic carbocycles. The maximum absolute atomic E-state index is 5.63. The first-order valence-corrected chi connectivity index (χ1v) is 6.21. The Bertz CT molecular complexity index is 322. The minimum absolute atomic E-state index is 0.424. The average Bonchev–Trinajstić information content (AvgIpc) is 2.24. The standard InChI is InChI=1S/C12H16BrNO2/c1-15-12-8-14(9-12)6-7-16-11-4-2-10(13)3-5-11/h2-5,12H,6-9H2,1H3. The van der Waals surface area contributed by atoms with E-state index in [2.05, 4.69) is 20.8 Å². The molecule has 1 aromatic rings. The molecule has 16 heavy (non-hydrogen) atoms. The summed E-state index contributed by atoms with van der Waals surface area (Å²) in [7, 11) is 1.76. The van der Waals surface area contributed by atoms with Crippen molar-refractivity contribution in [1.29, 1.82) is 0 Å². The number of rotatable bonds is 5. The van der Waals surface area contributed by atoms with E-state index in [1.165, 1.54) is 0 Å². The fourth-order valence-electron chi connectivity index (χ4n) is 1.68. The van der Waals surface area contributed by atoms with Crippen LogP contribution in [0.1, 0.15) is 0 Å². The number of ether oxygens (including phenoxy) is 2. The van der Waals surface area contributed by atoms with Crippen LogP contribution in [-0.4, -0.2) is 44.4 Å². The van der Waals surface area contributed by atoms with Crippen LogP contribution in [0.25, 0.3) is 0 Å². The second-order valence-electron chi connectivity index (χ2n) is 3.92. The first-order chi connectivity index (χ1) is 7.78. The first kappa shape index (κ1) is 11.9. The van der Waals surface area contributed by atoms with E-state index in [9.17, 15) is 0 Å². The van der Waals surface area contributed by atoms with E-state index in [1.54, 1.807) is 7.11 Å². The highest BCUT2D eigenvalue weighted by Crippen LogP contribution is 2.16. The lowest BCUT2D eigenvalue weighted by Gasteiger charge is -2.37. The van der Waals surface area contributed by atoms with Gasteiger partial charge in [0, 0.05) is 31.2 Å². The third-order valence-corrected chi connectivity index (χ3v) is 3.28. The van der Waals surface area contributed by atoms with Gasteiger partial charge in [0.1, 0.15) is 12.4 Å². The monoisotopic (exact) mass is 285 g/mol. The molecule has 1 fully saturated rings. The zero-order chi connectivity index (χ0) is 11.4. The molecule has 0 amide bonds. The highest BCUT2D eigenvalue weighted by molar-refractivity contribution is 9.10. The maximum atomic E-state index is 5.63. The molecule has 0 atom stereocenters. The van der Waals surface area contributed by atoms with Crippen LogP contribution in [0.15, 0.2) is 28.7 Å². The Kier molecular flexibility index (Phi) is 4.21. The Morgan fingerprint density at radius 3 is 2.62 bits per heavy atom.